The second-order valence-corrected chi connectivity index (χ2v) is 8.42. The highest BCUT2D eigenvalue weighted by atomic mass is 16.5. The normalized spacial score (nSPS) is 11.3. The fourth-order valence-corrected chi connectivity index (χ4v) is 3.40. The molecule has 182 valence electrons. The summed E-state index contributed by atoms with van der Waals surface area (Å²) in [7, 11) is 0. The second-order valence-electron chi connectivity index (χ2n) is 8.42. The van der Waals surface area contributed by atoms with Crippen LogP contribution in [0, 0.1) is 0 Å². The average Bonchev–Trinajstić information content (AvgIpc) is 2.88. The highest BCUT2D eigenvalue weighted by molar-refractivity contribution is 6.05. The van der Waals surface area contributed by atoms with Crippen LogP contribution in [0.4, 0.5) is 0 Å². The maximum atomic E-state index is 12.9. The fraction of sp³-hybridized carbons (Fsp3) is 0.241. The van der Waals surface area contributed by atoms with Crippen LogP contribution in [0.1, 0.15) is 46.8 Å². The van der Waals surface area contributed by atoms with Crippen LogP contribution in [-0.4, -0.2) is 36.7 Å². The molecule has 6 heteroatoms. The summed E-state index contributed by atoms with van der Waals surface area (Å²) in [6, 6.07) is 24.7. The van der Waals surface area contributed by atoms with Crippen molar-refractivity contribution < 1.29 is 19.4 Å². The molecule has 0 atom stereocenters. The standard InChI is InChI=1S/C29H32N2O4/c1-21(2)24-10-8-23(9-11-24)20-27(29(34)30-17-18-32)31-28(33)25-12-14-26(15-13-25)35-19-16-22-6-4-3-5-7-22/h3-15,20-21,32H,16-19H2,1-2H3,(H,30,34)(H,31,33). The predicted molar refractivity (Wildman–Crippen MR) is 138 cm³/mol. The van der Waals surface area contributed by atoms with E-state index in [0.717, 1.165) is 12.0 Å². The van der Waals surface area contributed by atoms with E-state index < -0.39 is 11.8 Å². The van der Waals surface area contributed by atoms with Crippen molar-refractivity contribution in [2.75, 3.05) is 19.8 Å². The summed E-state index contributed by atoms with van der Waals surface area (Å²) in [5, 5.41) is 14.3. The lowest BCUT2D eigenvalue weighted by molar-refractivity contribution is -0.117. The summed E-state index contributed by atoms with van der Waals surface area (Å²) in [6.45, 7) is 4.65. The van der Waals surface area contributed by atoms with Crippen LogP contribution in [-0.2, 0) is 11.2 Å². The molecule has 3 aromatic carbocycles. The Bertz CT molecular complexity index is 1120. The molecule has 0 aliphatic heterocycles. The Hall–Kier alpha value is -3.90. The number of aliphatic hydroxyl groups is 1. The van der Waals surface area contributed by atoms with Gasteiger partial charge in [0.15, 0.2) is 0 Å². The van der Waals surface area contributed by atoms with Gasteiger partial charge in [-0.05, 0) is 52.9 Å². The molecule has 0 heterocycles. The highest BCUT2D eigenvalue weighted by Crippen LogP contribution is 2.17. The quantitative estimate of drug-likeness (QED) is 0.363. The number of rotatable bonds is 11. The van der Waals surface area contributed by atoms with Crippen molar-refractivity contribution >= 4 is 17.9 Å². The number of aliphatic hydroxyl groups excluding tert-OH is 1. The van der Waals surface area contributed by atoms with E-state index in [2.05, 4.69) is 36.6 Å². The number of ether oxygens (including phenoxy) is 1. The molecule has 0 spiro atoms. The number of carbonyl (C=O) groups excluding carboxylic acids is 2. The first-order valence-electron chi connectivity index (χ1n) is 11.7. The van der Waals surface area contributed by atoms with Crippen LogP contribution in [0.2, 0.25) is 0 Å². The Morgan fingerprint density at radius 3 is 2.26 bits per heavy atom. The molecule has 6 nitrogen and oxygen atoms in total. The van der Waals surface area contributed by atoms with Gasteiger partial charge in [-0.1, -0.05) is 68.4 Å². The number of carbonyl (C=O) groups is 2. The lowest BCUT2D eigenvalue weighted by atomic mass is 10.0. The molecule has 0 radical (unpaired) electrons. The van der Waals surface area contributed by atoms with Crippen molar-refractivity contribution in [2.45, 2.75) is 26.2 Å². The molecule has 0 aliphatic rings. The molecule has 0 aliphatic carbocycles. The first kappa shape index (κ1) is 25.7. The van der Waals surface area contributed by atoms with Crippen LogP contribution in [0.25, 0.3) is 6.08 Å². The maximum absolute atomic E-state index is 12.9. The molecular weight excluding hydrogens is 440 g/mol. The van der Waals surface area contributed by atoms with Crippen LogP contribution in [0.3, 0.4) is 0 Å². The zero-order chi connectivity index (χ0) is 25.0. The third-order valence-corrected chi connectivity index (χ3v) is 5.42. The Morgan fingerprint density at radius 1 is 0.943 bits per heavy atom. The molecule has 0 bridgehead atoms. The van der Waals surface area contributed by atoms with Gasteiger partial charge in [0.2, 0.25) is 0 Å². The van der Waals surface area contributed by atoms with Crippen molar-refractivity contribution in [1.82, 2.24) is 10.6 Å². The van der Waals surface area contributed by atoms with Gasteiger partial charge >= 0.3 is 0 Å². The van der Waals surface area contributed by atoms with Gasteiger partial charge in [-0.25, -0.2) is 0 Å². The third kappa shape index (κ3) is 8.12. The van der Waals surface area contributed by atoms with Gasteiger partial charge in [-0.15, -0.1) is 0 Å². The number of amides is 2. The maximum Gasteiger partial charge on any atom is 0.267 e. The molecule has 3 rings (SSSR count). The largest absolute Gasteiger partial charge is 0.493 e. The second kappa shape index (κ2) is 13.1. The van der Waals surface area contributed by atoms with Crippen molar-refractivity contribution in [2.24, 2.45) is 0 Å². The minimum Gasteiger partial charge on any atom is -0.493 e. The molecule has 0 saturated carbocycles. The Morgan fingerprint density at radius 2 is 1.63 bits per heavy atom. The van der Waals surface area contributed by atoms with E-state index in [1.165, 1.54) is 11.1 Å². The summed E-state index contributed by atoms with van der Waals surface area (Å²) in [4.78, 5) is 25.5. The summed E-state index contributed by atoms with van der Waals surface area (Å²) in [5.41, 5.74) is 3.66. The Labute approximate surface area is 206 Å². The minimum absolute atomic E-state index is 0.0906. The summed E-state index contributed by atoms with van der Waals surface area (Å²) in [5.74, 6) is 0.177. The van der Waals surface area contributed by atoms with Gasteiger partial charge in [-0.3, -0.25) is 9.59 Å². The lowest BCUT2D eigenvalue weighted by Crippen LogP contribution is -2.36. The van der Waals surface area contributed by atoms with E-state index >= 15 is 0 Å². The Balaban J connectivity index is 1.66. The smallest absolute Gasteiger partial charge is 0.267 e. The summed E-state index contributed by atoms with van der Waals surface area (Å²) in [6.07, 6.45) is 2.41. The van der Waals surface area contributed by atoms with Crippen molar-refractivity contribution in [3.05, 3.63) is 107 Å². The average molecular weight is 473 g/mol. The number of benzene rings is 3. The van der Waals surface area contributed by atoms with E-state index in [0.29, 0.717) is 23.8 Å². The zero-order valence-electron chi connectivity index (χ0n) is 20.2. The molecule has 0 fully saturated rings. The molecule has 2 amide bonds. The first-order chi connectivity index (χ1) is 17.0. The summed E-state index contributed by atoms with van der Waals surface area (Å²) < 4.78 is 5.78. The van der Waals surface area contributed by atoms with Crippen LogP contribution in [0.5, 0.6) is 5.75 Å². The van der Waals surface area contributed by atoms with Crippen LogP contribution < -0.4 is 15.4 Å². The van der Waals surface area contributed by atoms with E-state index in [1.54, 1.807) is 30.3 Å². The van der Waals surface area contributed by atoms with Gasteiger partial charge < -0.3 is 20.5 Å². The van der Waals surface area contributed by atoms with E-state index in [4.69, 9.17) is 9.84 Å². The number of nitrogens with one attached hydrogen (secondary N) is 2. The van der Waals surface area contributed by atoms with Gasteiger partial charge in [0.05, 0.1) is 13.2 Å². The molecule has 0 unspecified atom stereocenters. The van der Waals surface area contributed by atoms with Crippen molar-refractivity contribution in [1.29, 1.82) is 0 Å². The first-order valence-corrected chi connectivity index (χ1v) is 11.7. The summed E-state index contributed by atoms with van der Waals surface area (Å²) >= 11 is 0. The predicted octanol–water partition coefficient (Wildman–Crippen LogP) is 4.31. The molecule has 35 heavy (non-hydrogen) atoms. The lowest BCUT2D eigenvalue weighted by Gasteiger charge is -2.12. The van der Waals surface area contributed by atoms with Crippen LogP contribution >= 0.6 is 0 Å². The number of hydrogen-bond donors (Lipinski definition) is 3. The van der Waals surface area contributed by atoms with E-state index in [1.807, 2.05) is 42.5 Å². The SMILES string of the molecule is CC(C)c1ccc(C=C(NC(=O)c2ccc(OCCc3ccccc3)cc2)C(=O)NCCO)cc1. The van der Waals surface area contributed by atoms with Crippen molar-refractivity contribution in [3.63, 3.8) is 0 Å². The van der Waals surface area contributed by atoms with Gasteiger partial charge in [0, 0.05) is 18.5 Å². The van der Waals surface area contributed by atoms with Gasteiger partial charge in [-0.2, -0.15) is 0 Å². The van der Waals surface area contributed by atoms with Gasteiger partial charge in [0.25, 0.3) is 11.8 Å². The third-order valence-electron chi connectivity index (χ3n) is 5.42. The minimum atomic E-state index is -0.471. The monoisotopic (exact) mass is 472 g/mol. The fourth-order valence-electron chi connectivity index (χ4n) is 3.40. The molecule has 3 N–H and O–H groups in total. The zero-order valence-corrected chi connectivity index (χ0v) is 20.2. The van der Waals surface area contributed by atoms with E-state index in [9.17, 15) is 9.59 Å². The molecule has 3 aromatic rings. The topological polar surface area (TPSA) is 87.7 Å². The Kier molecular flexibility index (Phi) is 9.63. The highest BCUT2D eigenvalue weighted by Gasteiger charge is 2.15. The van der Waals surface area contributed by atoms with E-state index in [-0.39, 0.29) is 18.8 Å². The van der Waals surface area contributed by atoms with Crippen LogP contribution in [0.15, 0.2) is 84.6 Å². The van der Waals surface area contributed by atoms with Gasteiger partial charge in [0.1, 0.15) is 11.4 Å². The molecule has 0 saturated heterocycles. The van der Waals surface area contributed by atoms with Crippen molar-refractivity contribution in [3.8, 4) is 5.75 Å². The molecule has 0 aromatic heterocycles. The molecular formula is C29H32N2O4. The number of hydrogen-bond acceptors (Lipinski definition) is 4.